The van der Waals surface area contributed by atoms with Crippen molar-refractivity contribution in [2.75, 3.05) is 31.1 Å². The number of thiazole rings is 1. The van der Waals surface area contributed by atoms with Crippen LogP contribution in [0.4, 0.5) is 15.8 Å². The van der Waals surface area contributed by atoms with Crippen LogP contribution in [0.5, 0.6) is 0 Å². The molecule has 6 nitrogen and oxygen atoms in total. The Morgan fingerprint density at radius 3 is 2.70 bits per heavy atom. The van der Waals surface area contributed by atoms with E-state index in [2.05, 4.69) is 16.8 Å². The fourth-order valence-electron chi connectivity index (χ4n) is 2.89. The van der Waals surface area contributed by atoms with Gasteiger partial charge in [0.15, 0.2) is 0 Å². The molecule has 2 heterocycles. The first-order chi connectivity index (χ1) is 11.1. The van der Waals surface area contributed by atoms with Crippen molar-refractivity contribution in [3.05, 3.63) is 50.7 Å². The lowest BCUT2D eigenvalue weighted by molar-refractivity contribution is -0.386. The second-order valence-electron chi connectivity index (χ2n) is 5.43. The van der Waals surface area contributed by atoms with Gasteiger partial charge in [-0.3, -0.25) is 15.0 Å². The van der Waals surface area contributed by atoms with Crippen LogP contribution < -0.4 is 4.90 Å². The highest BCUT2D eigenvalue weighted by Crippen LogP contribution is 2.32. The number of halogens is 1. The SMILES string of the molecule is CC(c1nccs1)N1CCN(c2cccc(F)c2[N+](=O)[O-])CC1. The van der Waals surface area contributed by atoms with Crippen molar-refractivity contribution in [3.63, 3.8) is 0 Å². The number of nitro groups is 1. The van der Waals surface area contributed by atoms with E-state index in [1.165, 1.54) is 6.07 Å². The van der Waals surface area contributed by atoms with Gasteiger partial charge in [0.2, 0.25) is 5.82 Å². The van der Waals surface area contributed by atoms with E-state index in [4.69, 9.17) is 0 Å². The van der Waals surface area contributed by atoms with E-state index in [0.29, 0.717) is 18.8 Å². The van der Waals surface area contributed by atoms with Crippen LogP contribution in [-0.2, 0) is 0 Å². The molecular formula is C15H17FN4O2S. The largest absolute Gasteiger partial charge is 0.363 e. The summed E-state index contributed by atoms with van der Waals surface area (Å²) in [6.45, 7) is 4.88. The van der Waals surface area contributed by atoms with Crippen LogP contribution in [0, 0.1) is 15.9 Å². The van der Waals surface area contributed by atoms with Crippen molar-refractivity contribution in [3.8, 4) is 0 Å². The number of hydrogen-bond acceptors (Lipinski definition) is 6. The third-order valence-electron chi connectivity index (χ3n) is 4.16. The molecule has 1 aliphatic heterocycles. The van der Waals surface area contributed by atoms with Gasteiger partial charge >= 0.3 is 5.69 Å². The summed E-state index contributed by atoms with van der Waals surface area (Å²) >= 11 is 1.62. The third kappa shape index (κ3) is 3.18. The van der Waals surface area contributed by atoms with Gasteiger partial charge in [0.25, 0.3) is 0 Å². The van der Waals surface area contributed by atoms with E-state index in [0.717, 1.165) is 24.2 Å². The molecule has 1 unspecified atom stereocenters. The molecule has 1 saturated heterocycles. The molecule has 1 aliphatic rings. The highest BCUT2D eigenvalue weighted by molar-refractivity contribution is 7.09. The molecule has 0 N–H and O–H groups in total. The molecule has 8 heteroatoms. The molecule has 0 radical (unpaired) electrons. The highest BCUT2D eigenvalue weighted by atomic mass is 32.1. The predicted molar refractivity (Wildman–Crippen MR) is 87.4 cm³/mol. The molecule has 1 atom stereocenters. The van der Waals surface area contributed by atoms with Crippen molar-refractivity contribution in [2.45, 2.75) is 13.0 Å². The van der Waals surface area contributed by atoms with Crippen LogP contribution in [0.15, 0.2) is 29.8 Å². The van der Waals surface area contributed by atoms with Crippen LogP contribution in [0.3, 0.4) is 0 Å². The lowest BCUT2D eigenvalue weighted by atomic mass is 10.2. The normalized spacial score (nSPS) is 17.2. The van der Waals surface area contributed by atoms with E-state index < -0.39 is 16.4 Å². The Kier molecular flexibility index (Phi) is 4.53. The van der Waals surface area contributed by atoms with Crippen molar-refractivity contribution in [2.24, 2.45) is 0 Å². The monoisotopic (exact) mass is 336 g/mol. The van der Waals surface area contributed by atoms with Gasteiger partial charge in [-0.2, -0.15) is 4.39 Å². The van der Waals surface area contributed by atoms with Gasteiger partial charge in [-0.15, -0.1) is 11.3 Å². The second-order valence-corrected chi connectivity index (χ2v) is 6.36. The van der Waals surface area contributed by atoms with Gasteiger partial charge in [0.1, 0.15) is 10.7 Å². The lowest BCUT2D eigenvalue weighted by Gasteiger charge is -2.38. The van der Waals surface area contributed by atoms with E-state index in [-0.39, 0.29) is 6.04 Å². The van der Waals surface area contributed by atoms with Crippen molar-refractivity contribution < 1.29 is 9.31 Å². The molecule has 1 fully saturated rings. The summed E-state index contributed by atoms with van der Waals surface area (Å²) in [6.07, 6.45) is 1.79. The number of nitrogens with zero attached hydrogens (tertiary/aromatic N) is 4. The minimum Gasteiger partial charge on any atom is -0.363 e. The number of para-hydroxylation sites is 1. The summed E-state index contributed by atoms with van der Waals surface area (Å²) in [4.78, 5) is 19.0. The topological polar surface area (TPSA) is 62.5 Å². The Hall–Kier alpha value is -2.06. The van der Waals surface area contributed by atoms with E-state index in [9.17, 15) is 14.5 Å². The van der Waals surface area contributed by atoms with E-state index in [1.54, 1.807) is 23.6 Å². The highest BCUT2D eigenvalue weighted by Gasteiger charge is 2.28. The zero-order valence-electron chi connectivity index (χ0n) is 12.7. The fraction of sp³-hybridized carbons (Fsp3) is 0.400. The zero-order chi connectivity index (χ0) is 16.4. The smallest absolute Gasteiger partial charge is 0.327 e. The molecule has 122 valence electrons. The summed E-state index contributed by atoms with van der Waals surface area (Å²) < 4.78 is 13.8. The summed E-state index contributed by atoms with van der Waals surface area (Å²) in [5.41, 5.74) is -0.0783. The minimum atomic E-state index is -0.786. The summed E-state index contributed by atoms with van der Waals surface area (Å²) in [7, 11) is 0. The third-order valence-corrected chi connectivity index (χ3v) is 5.11. The minimum absolute atomic E-state index is 0.222. The maximum atomic E-state index is 13.8. The summed E-state index contributed by atoms with van der Waals surface area (Å²) in [6, 6.07) is 4.48. The molecule has 0 spiro atoms. The van der Waals surface area contributed by atoms with Crippen molar-refractivity contribution in [1.82, 2.24) is 9.88 Å². The van der Waals surface area contributed by atoms with Crippen LogP contribution in [0.25, 0.3) is 0 Å². The average Bonchev–Trinajstić information content (AvgIpc) is 3.08. The molecular weight excluding hydrogens is 319 g/mol. The number of piperazine rings is 1. The Morgan fingerprint density at radius 1 is 1.35 bits per heavy atom. The molecule has 0 aliphatic carbocycles. The molecule has 2 aromatic rings. The Balaban J connectivity index is 1.72. The average molecular weight is 336 g/mol. The Labute approximate surface area is 137 Å². The molecule has 1 aromatic heterocycles. The van der Waals surface area contributed by atoms with Crippen LogP contribution >= 0.6 is 11.3 Å². The number of aromatic nitrogens is 1. The Bertz CT molecular complexity index is 687. The Morgan fingerprint density at radius 2 is 2.09 bits per heavy atom. The van der Waals surface area contributed by atoms with Crippen molar-refractivity contribution in [1.29, 1.82) is 0 Å². The van der Waals surface area contributed by atoms with Gasteiger partial charge in [-0.05, 0) is 19.1 Å². The first-order valence-electron chi connectivity index (χ1n) is 7.39. The standard InChI is InChI=1S/C15H17FN4O2S/c1-11(15-17-5-10-23-15)18-6-8-19(9-7-18)13-4-2-3-12(16)14(13)20(21)22/h2-5,10-11H,6-9H2,1H3. The summed E-state index contributed by atoms with van der Waals surface area (Å²) in [5.74, 6) is -0.786. The quantitative estimate of drug-likeness (QED) is 0.634. The molecule has 0 bridgehead atoms. The lowest BCUT2D eigenvalue weighted by Crippen LogP contribution is -2.47. The molecule has 3 rings (SSSR count). The van der Waals surface area contributed by atoms with Gasteiger partial charge in [0, 0.05) is 37.8 Å². The van der Waals surface area contributed by atoms with Crippen molar-refractivity contribution >= 4 is 22.7 Å². The number of benzene rings is 1. The first kappa shape index (κ1) is 15.8. The van der Waals surface area contributed by atoms with Gasteiger partial charge in [0.05, 0.1) is 11.0 Å². The maximum Gasteiger partial charge on any atom is 0.327 e. The first-order valence-corrected chi connectivity index (χ1v) is 8.27. The van der Waals surface area contributed by atoms with Gasteiger partial charge in [-0.1, -0.05) is 6.07 Å². The molecule has 1 aromatic carbocycles. The second kappa shape index (κ2) is 6.59. The number of rotatable bonds is 4. The fourth-order valence-corrected chi connectivity index (χ4v) is 3.62. The molecule has 0 saturated carbocycles. The number of anilines is 1. The van der Waals surface area contributed by atoms with Crippen LogP contribution in [0.1, 0.15) is 18.0 Å². The predicted octanol–water partition coefficient (Wildman–Crippen LogP) is 3.07. The number of hydrogen-bond donors (Lipinski definition) is 0. The summed E-state index contributed by atoms with van der Waals surface area (Å²) in [5, 5.41) is 14.2. The number of nitro benzene ring substituents is 1. The van der Waals surface area contributed by atoms with Crippen LogP contribution in [0.2, 0.25) is 0 Å². The van der Waals surface area contributed by atoms with Crippen LogP contribution in [-0.4, -0.2) is 41.0 Å². The van der Waals surface area contributed by atoms with Gasteiger partial charge in [-0.25, -0.2) is 4.98 Å². The van der Waals surface area contributed by atoms with E-state index in [1.807, 2.05) is 10.3 Å². The molecule has 23 heavy (non-hydrogen) atoms. The zero-order valence-corrected chi connectivity index (χ0v) is 13.5. The maximum absolute atomic E-state index is 13.8. The van der Waals surface area contributed by atoms with Gasteiger partial charge < -0.3 is 4.90 Å². The van der Waals surface area contributed by atoms with E-state index >= 15 is 0 Å². The molecule has 0 amide bonds.